The van der Waals surface area contributed by atoms with Crippen molar-refractivity contribution in [2.24, 2.45) is 0 Å². The van der Waals surface area contributed by atoms with E-state index in [0.717, 1.165) is 13.0 Å². The Hall–Kier alpha value is -0.0800. The summed E-state index contributed by atoms with van der Waals surface area (Å²) in [5.41, 5.74) is 0. The number of aliphatic hydroxyl groups excluding tert-OH is 1. The molecule has 0 aliphatic heterocycles. The van der Waals surface area contributed by atoms with E-state index in [1.165, 1.54) is 38.5 Å². The third kappa shape index (κ3) is 11.9. The number of rotatable bonds is 10. The second-order valence-electron chi connectivity index (χ2n) is 4.02. The van der Waals surface area contributed by atoms with E-state index in [4.69, 9.17) is 9.84 Å². The smallest absolute Gasteiger partial charge is 0.0534 e. The molecule has 0 aromatic carbocycles. The first-order valence-electron chi connectivity index (χ1n) is 6.03. The average molecular weight is 202 g/mol. The molecule has 0 aliphatic carbocycles. The summed E-state index contributed by atoms with van der Waals surface area (Å²) < 4.78 is 5.39. The van der Waals surface area contributed by atoms with Crippen molar-refractivity contribution in [1.29, 1.82) is 0 Å². The number of hydrogen-bond donors (Lipinski definition) is 1. The molecule has 2 nitrogen and oxygen atoms in total. The number of hydrogen-bond acceptors (Lipinski definition) is 2. The molecule has 0 rings (SSSR count). The highest BCUT2D eigenvalue weighted by Gasteiger charge is 1.95. The van der Waals surface area contributed by atoms with Crippen molar-refractivity contribution in [3.63, 3.8) is 0 Å². The lowest BCUT2D eigenvalue weighted by molar-refractivity contribution is 0.0870. The van der Waals surface area contributed by atoms with Crippen LogP contribution in [0.25, 0.3) is 0 Å². The van der Waals surface area contributed by atoms with Gasteiger partial charge < -0.3 is 9.84 Å². The second kappa shape index (κ2) is 11.0. The van der Waals surface area contributed by atoms with Crippen LogP contribution in [0.15, 0.2) is 0 Å². The first-order chi connectivity index (χ1) is 6.77. The third-order valence-corrected chi connectivity index (χ3v) is 2.32. The standard InChI is InChI=1S/C12H26O2/c1-3-4-5-6-7-8-10-14-11-9-12(2)13/h12-13H,3-11H2,1-2H3/t12-/m0/s1. The number of aliphatic hydroxyl groups is 1. The van der Waals surface area contributed by atoms with Crippen LogP contribution in [0.2, 0.25) is 0 Å². The lowest BCUT2D eigenvalue weighted by atomic mass is 10.1. The van der Waals surface area contributed by atoms with E-state index in [2.05, 4.69) is 6.92 Å². The fourth-order valence-corrected chi connectivity index (χ4v) is 1.34. The molecule has 0 radical (unpaired) electrons. The predicted octanol–water partition coefficient (Wildman–Crippen LogP) is 3.13. The maximum Gasteiger partial charge on any atom is 0.0534 e. The molecular formula is C12H26O2. The normalized spacial score (nSPS) is 13.1. The quantitative estimate of drug-likeness (QED) is 0.551. The van der Waals surface area contributed by atoms with Crippen LogP contribution in [-0.2, 0) is 4.74 Å². The summed E-state index contributed by atoms with van der Waals surface area (Å²) in [7, 11) is 0. The van der Waals surface area contributed by atoms with Crippen molar-refractivity contribution in [1.82, 2.24) is 0 Å². The molecule has 86 valence electrons. The van der Waals surface area contributed by atoms with Crippen molar-refractivity contribution in [2.45, 2.75) is 64.9 Å². The van der Waals surface area contributed by atoms with E-state index in [1.54, 1.807) is 6.92 Å². The molecule has 0 fully saturated rings. The maximum atomic E-state index is 8.97. The van der Waals surface area contributed by atoms with Gasteiger partial charge in [0.1, 0.15) is 0 Å². The van der Waals surface area contributed by atoms with Gasteiger partial charge in [0.2, 0.25) is 0 Å². The number of ether oxygens (including phenoxy) is 1. The molecule has 0 aromatic rings. The zero-order valence-corrected chi connectivity index (χ0v) is 9.80. The van der Waals surface area contributed by atoms with E-state index >= 15 is 0 Å². The van der Waals surface area contributed by atoms with Gasteiger partial charge in [0.25, 0.3) is 0 Å². The Bertz CT molecular complexity index is 102. The Balaban J connectivity index is 2.85. The van der Waals surface area contributed by atoms with Crippen molar-refractivity contribution < 1.29 is 9.84 Å². The summed E-state index contributed by atoms with van der Waals surface area (Å²) in [5, 5.41) is 8.97. The molecule has 0 bridgehead atoms. The molecule has 0 heterocycles. The minimum absolute atomic E-state index is 0.223. The van der Waals surface area contributed by atoms with E-state index in [1.807, 2.05) is 0 Å². The Morgan fingerprint density at radius 2 is 1.64 bits per heavy atom. The van der Waals surface area contributed by atoms with Crippen LogP contribution < -0.4 is 0 Å². The summed E-state index contributed by atoms with van der Waals surface area (Å²) in [6.45, 7) is 5.60. The zero-order chi connectivity index (χ0) is 10.6. The van der Waals surface area contributed by atoms with Crippen molar-refractivity contribution >= 4 is 0 Å². The molecule has 0 amide bonds. The van der Waals surface area contributed by atoms with E-state index < -0.39 is 0 Å². The van der Waals surface area contributed by atoms with Gasteiger partial charge in [0.15, 0.2) is 0 Å². The van der Waals surface area contributed by atoms with Crippen molar-refractivity contribution in [3.05, 3.63) is 0 Å². The van der Waals surface area contributed by atoms with Gasteiger partial charge in [-0.05, 0) is 19.8 Å². The fourth-order valence-electron chi connectivity index (χ4n) is 1.34. The average Bonchev–Trinajstić information content (AvgIpc) is 2.15. The van der Waals surface area contributed by atoms with Gasteiger partial charge >= 0.3 is 0 Å². The molecular weight excluding hydrogens is 176 g/mol. The Kier molecular flexibility index (Phi) is 10.9. The van der Waals surface area contributed by atoms with Gasteiger partial charge in [-0.1, -0.05) is 39.0 Å². The second-order valence-corrected chi connectivity index (χ2v) is 4.02. The minimum Gasteiger partial charge on any atom is -0.393 e. The molecule has 0 saturated carbocycles. The summed E-state index contributed by atoms with van der Waals surface area (Å²) in [5.74, 6) is 0. The van der Waals surface area contributed by atoms with Crippen molar-refractivity contribution in [3.8, 4) is 0 Å². The van der Waals surface area contributed by atoms with Crippen LogP contribution in [0, 0.1) is 0 Å². The summed E-state index contributed by atoms with van der Waals surface area (Å²) >= 11 is 0. The van der Waals surface area contributed by atoms with Gasteiger partial charge in [-0.2, -0.15) is 0 Å². The van der Waals surface area contributed by atoms with Gasteiger partial charge in [-0.25, -0.2) is 0 Å². The van der Waals surface area contributed by atoms with Crippen LogP contribution in [0.5, 0.6) is 0 Å². The van der Waals surface area contributed by atoms with Crippen molar-refractivity contribution in [2.75, 3.05) is 13.2 Å². The van der Waals surface area contributed by atoms with Crippen LogP contribution >= 0.6 is 0 Å². The van der Waals surface area contributed by atoms with Gasteiger partial charge in [0.05, 0.1) is 6.10 Å². The van der Waals surface area contributed by atoms with E-state index in [0.29, 0.717) is 6.61 Å². The van der Waals surface area contributed by atoms with Crippen LogP contribution in [0.4, 0.5) is 0 Å². The van der Waals surface area contributed by atoms with E-state index in [-0.39, 0.29) is 6.10 Å². The first kappa shape index (κ1) is 13.9. The molecule has 1 atom stereocenters. The van der Waals surface area contributed by atoms with Gasteiger partial charge in [0, 0.05) is 13.2 Å². The number of unbranched alkanes of at least 4 members (excludes halogenated alkanes) is 5. The maximum absolute atomic E-state index is 8.97. The van der Waals surface area contributed by atoms with Crippen LogP contribution in [0.1, 0.15) is 58.8 Å². The Morgan fingerprint density at radius 1 is 1.00 bits per heavy atom. The molecule has 1 N–H and O–H groups in total. The monoisotopic (exact) mass is 202 g/mol. The zero-order valence-electron chi connectivity index (χ0n) is 9.80. The molecule has 0 spiro atoms. The highest BCUT2D eigenvalue weighted by Crippen LogP contribution is 2.05. The molecule has 2 heteroatoms. The largest absolute Gasteiger partial charge is 0.393 e. The topological polar surface area (TPSA) is 29.5 Å². The molecule has 14 heavy (non-hydrogen) atoms. The van der Waals surface area contributed by atoms with Gasteiger partial charge in [-0.15, -0.1) is 0 Å². The highest BCUT2D eigenvalue weighted by atomic mass is 16.5. The molecule has 0 aliphatic rings. The molecule has 0 saturated heterocycles. The predicted molar refractivity (Wildman–Crippen MR) is 60.5 cm³/mol. The first-order valence-corrected chi connectivity index (χ1v) is 6.03. The lowest BCUT2D eigenvalue weighted by Gasteiger charge is -2.05. The Labute approximate surface area is 88.7 Å². The van der Waals surface area contributed by atoms with Gasteiger partial charge in [-0.3, -0.25) is 0 Å². The molecule has 0 unspecified atom stereocenters. The minimum atomic E-state index is -0.223. The summed E-state index contributed by atoms with van der Waals surface area (Å²) in [6, 6.07) is 0. The molecule has 0 aromatic heterocycles. The fraction of sp³-hybridized carbons (Fsp3) is 1.00. The third-order valence-electron chi connectivity index (χ3n) is 2.32. The van der Waals surface area contributed by atoms with Crippen LogP contribution in [0.3, 0.4) is 0 Å². The SMILES string of the molecule is CCCCCCCCOCC[C@H](C)O. The van der Waals surface area contributed by atoms with Crippen LogP contribution in [-0.4, -0.2) is 24.4 Å². The summed E-state index contributed by atoms with van der Waals surface area (Å²) in [6.07, 6.45) is 8.37. The van der Waals surface area contributed by atoms with E-state index in [9.17, 15) is 0 Å². The lowest BCUT2D eigenvalue weighted by Crippen LogP contribution is -2.06. The highest BCUT2D eigenvalue weighted by molar-refractivity contribution is 4.46. The summed E-state index contributed by atoms with van der Waals surface area (Å²) in [4.78, 5) is 0. The Morgan fingerprint density at radius 3 is 2.29 bits per heavy atom.